The maximum Gasteiger partial charge on any atom is 0.198 e. The van der Waals surface area contributed by atoms with E-state index in [-0.39, 0.29) is 0 Å². The van der Waals surface area contributed by atoms with E-state index in [1.165, 1.54) is 11.1 Å². The molecule has 0 amide bonds. The number of hydrogen-bond donors (Lipinski definition) is 0. The van der Waals surface area contributed by atoms with Crippen LogP contribution in [0.15, 0.2) is 34.9 Å². The van der Waals surface area contributed by atoms with Crippen molar-refractivity contribution < 1.29 is 4.42 Å². The van der Waals surface area contributed by atoms with Crippen LogP contribution >= 0.6 is 0 Å². The Kier molecular flexibility index (Phi) is 2.35. The molecule has 0 aliphatic heterocycles. The van der Waals surface area contributed by atoms with E-state index in [9.17, 15) is 0 Å². The van der Waals surface area contributed by atoms with Gasteiger partial charge in [-0.25, -0.2) is 4.98 Å². The lowest BCUT2D eigenvalue weighted by atomic mass is 10.1. The topological polar surface area (TPSA) is 26.0 Å². The van der Waals surface area contributed by atoms with Gasteiger partial charge < -0.3 is 4.42 Å². The zero-order valence-electron chi connectivity index (χ0n) is 8.45. The lowest BCUT2D eigenvalue weighted by molar-refractivity contribution is 0.506. The molecule has 0 aliphatic carbocycles. The lowest BCUT2D eigenvalue weighted by Gasteiger charge is -2.01. The Hall–Kier alpha value is -1.57. The average Bonchev–Trinajstić information content (AvgIpc) is 2.56. The fourth-order valence-corrected chi connectivity index (χ4v) is 1.46. The van der Waals surface area contributed by atoms with Gasteiger partial charge in [0.25, 0.3) is 0 Å². The summed E-state index contributed by atoms with van der Waals surface area (Å²) in [5, 5.41) is 0. The smallest absolute Gasteiger partial charge is 0.198 e. The van der Waals surface area contributed by atoms with Crippen LogP contribution in [0.5, 0.6) is 0 Å². The van der Waals surface area contributed by atoms with Crippen molar-refractivity contribution in [1.29, 1.82) is 0 Å². The van der Waals surface area contributed by atoms with Crippen LogP contribution < -0.4 is 0 Å². The summed E-state index contributed by atoms with van der Waals surface area (Å²) in [6.07, 6.45) is 2.47. The second-order valence-electron chi connectivity index (χ2n) is 3.49. The number of benzene rings is 1. The number of oxazole rings is 1. The molecule has 14 heavy (non-hydrogen) atoms. The van der Waals surface area contributed by atoms with Gasteiger partial charge in [0.1, 0.15) is 6.26 Å². The molecule has 2 nitrogen and oxygen atoms in total. The zero-order chi connectivity index (χ0) is 9.97. The first-order valence-corrected chi connectivity index (χ1v) is 4.71. The van der Waals surface area contributed by atoms with Crippen LogP contribution in [-0.2, 0) is 6.42 Å². The molecule has 0 atom stereocenters. The Labute approximate surface area is 83.6 Å². The first-order valence-electron chi connectivity index (χ1n) is 4.71. The van der Waals surface area contributed by atoms with Crippen LogP contribution in [0.2, 0.25) is 0 Å². The molecule has 2 heteroatoms. The molecule has 1 aromatic heterocycles. The van der Waals surface area contributed by atoms with Crippen molar-refractivity contribution in [3.63, 3.8) is 0 Å². The maximum atomic E-state index is 5.31. The van der Waals surface area contributed by atoms with Gasteiger partial charge in [0, 0.05) is 6.42 Å². The molecule has 2 rings (SSSR count). The van der Waals surface area contributed by atoms with Gasteiger partial charge in [0.2, 0.25) is 0 Å². The van der Waals surface area contributed by atoms with Crippen molar-refractivity contribution in [2.75, 3.05) is 0 Å². The Bertz CT molecular complexity index is 431. The fraction of sp³-hybridized carbons (Fsp3) is 0.250. The summed E-state index contributed by atoms with van der Waals surface area (Å²) in [5.74, 6) is 0.789. The molecule has 0 bridgehead atoms. The Balaban J connectivity index is 2.23. The largest absolute Gasteiger partial charge is 0.448 e. The minimum Gasteiger partial charge on any atom is -0.448 e. The maximum absolute atomic E-state index is 5.31. The van der Waals surface area contributed by atoms with Crippen LogP contribution in [-0.4, -0.2) is 4.98 Å². The normalized spacial score (nSPS) is 10.4. The molecule has 0 N–H and O–H groups in total. The average molecular weight is 187 g/mol. The molecule has 0 saturated heterocycles. The van der Waals surface area contributed by atoms with E-state index in [1.807, 2.05) is 19.1 Å². The standard InChI is InChI=1S/C12H13NO/c1-9-5-3-4-6-11(9)7-12-13-10(2)8-14-12/h3-6,8H,7H2,1-2H3. The van der Waals surface area contributed by atoms with E-state index >= 15 is 0 Å². The van der Waals surface area contributed by atoms with Gasteiger partial charge in [0.15, 0.2) is 5.89 Å². The minimum absolute atomic E-state index is 0.778. The van der Waals surface area contributed by atoms with E-state index in [0.29, 0.717) is 0 Å². The molecule has 0 fully saturated rings. The number of rotatable bonds is 2. The highest BCUT2D eigenvalue weighted by atomic mass is 16.3. The summed E-state index contributed by atoms with van der Waals surface area (Å²) in [6, 6.07) is 8.29. The summed E-state index contributed by atoms with van der Waals surface area (Å²) >= 11 is 0. The van der Waals surface area contributed by atoms with Crippen molar-refractivity contribution >= 4 is 0 Å². The summed E-state index contributed by atoms with van der Waals surface area (Å²) in [7, 11) is 0. The van der Waals surface area contributed by atoms with Crippen molar-refractivity contribution in [2.24, 2.45) is 0 Å². The Morgan fingerprint density at radius 1 is 1.21 bits per heavy atom. The number of nitrogens with zero attached hydrogens (tertiary/aromatic N) is 1. The summed E-state index contributed by atoms with van der Waals surface area (Å²) in [5.41, 5.74) is 3.49. The van der Waals surface area contributed by atoms with Crippen molar-refractivity contribution in [1.82, 2.24) is 4.98 Å². The highest BCUT2D eigenvalue weighted by Crippen LogP contribution is 2.12. The quantitative estimate of drug-likeness (QED) is 0.722. The number of aryl methyl sites for hydroxylation is 2. The van der Waals surface area contributed by atoms with Gasteiger partial charge in [-0.05, 0) is 25.0 Å². The van der Waals surface area contributed by atoms with E-state index in [2.05, 4.69) is 24.0 Å². The predicted octanol–water partition coefficient (Wildman–Crippen LogP) is 2.88. The van der Waals surface area contributed by atoms with Crippen LogP contribution in [0, 0.1) is 13.8 Å². The first kappa shape index (κ1) is 9.00. The SMILES string of the molecule is Cc1coc(Cc2ccccc2C)n1. The Morgan fingerprint density at radius 3 is 2.64 bits per heavy atom. The molecule has 2 aromatic rings. The molecule has 0 aliphatic rings. The summed E-state index contributed by atoms with van der Waals surface area (Å²) < 4.78 is 5.31. The number of aromatic nitrogens is 1. The van der Waals surface area contributed by atoms with Gasteiger partial charge in [-0.15, -0.1) is 0 Å². The molecule has 0 spiro atoms. The second-order valence-corrected chi connectivity index (χ2v) is 3.49. The van der Waals surface area contributed by atoms with Gasteiger partial charge in [-0.3, -0.25) is 0 Å². The highest BCUT2D eigenvalue weighted by molar-refractivity contribution is 5.27. The summed E-state index contributed by atoms with van der Waals surface area (Å²) in [4.78, 5) is 4.28. The predicted molar refractivity (Wildman–Crippen MR) is 55.2 cm³/mol. The molecule has 72 valence electrons. The first-order chi connectivity index (χ1) is 6.75. The molecule has 1 aromatic carbocycles. The van der Waals surface area contributed by atoms with E-state index < -0.39 is 0 Å². The van der Waals surface area contributed by atoms with Crippen molar-refractivity contribution in [2.45, 2.75) is 20.3 Å². The molecule has 0 unspecified atom stereocenters. The number of hydrogen-bond acceptors (Lipinski definition) is 2. The van der Waals surface area contributed by atoms with Crippen molar-refractivity contribution in [3.05, 3.63) is 53.2 Å². The summed E-state index contributed by atoms with van der Waals surface area (Å²) in [6.45, 7) is 4.04. The van der Waals surface area contributed by atoms with Crippen LogP contribution in [0.1, 0.15) is 22.7 Å². The van der Waals surface area contributed by atoms with Crippen molar-refractivity contribution in [3.8, 4) is 0 Å². The van der Waals surface area contributed by atoms with Gasteiger partial charge in [-0.1, -0.05) is 24.3 Å². The van der Waals surface area contributed by atoms with E-state index in [1.54, 1.807) is 6.26 Å². The second kappa shape index (κ2) is 3.66. The third-order valence-electron chi connectivity index (χ3n) is 2.27. The van der Waals surface area contributed by atoms with Gasteiger partial charge in [-0.2, -0.15) is 0 Å². The van der Waals surface area contributed by atoms with Gasteiger partial charge >= 0.3 is 0 Å². The van der Waals surface area contributed by atoms with Crippen LogP contribution in [0.3, 0.4) is 0 Å². The van der Waals surface area contributed by atoms with E-state index in [0.717, 1.165) is 18.0 Å². The molecule has 1 heterocycles. The zero-order valence-corrected chi connectivity index (χ0v) is 8.45. The minimum atomic E-state index is 0.778. The Morgan fingerprint density at radius 2 is 2.00 bits per heavy atom. The molecular weight excluding hydrogens is 174 g/mol. The fourth-order valence-electron chi connectivity index (χ4n) is 1.46. The lowest BCUT2D eigenvalue weighted by Crippen LogP contribution is -1.91. The highest BCUT2D eigenvalue weighted by Gasteiger charge is 2.03. The third-order valence-corrected chi connectivity index (χ3v) is 2.27. The monoisotopic (exact) mass is 187 g/mol. The molecule has 0 saturated carbocycles. The van der Waals surface area contributed by atoms with E-state index in [4.69, 9.17) is 4.42 Å². The third kappa shape index (κ3) is 1.84. The van der Waals surface area contributed by atoms with Crippen LogP contribution in [0.4, 0.5) is 0 Å². The molecular formula is C12H13NO. The molecule has 0 radical (unpaired) electrons. The van der Waals surface area contributed by atoms with Gasteiger partial charge in [0.05, 0.1) is 5.69 Å². The van der Waals surface area contributed by atoms with Crippen LogP contribution in [0.25, 0.3) is 0 Å².